The molecule has 2 rings (SSSR count). The second kappa shape index (κ2) is 6.57. The summed E-state index contributed by atoms with van der Waals surface area (Å²) in [5.74, 6) is -2.95. The number of amides is 2. The number of aliphatic hydroxyl groups excluding tert-OH is 1. The third-order valence-electron chi connectivity index (χ3n) is 3.45. The number of carboxylic acid groups (broad SMARTS) is 1. The van der Waals surface area contributed by atoms with Crippen LogP contribution < -0.4 is 0 Å². The van der Waals surface area contributed by atoms with Gasteiger partial charge in [-0.1, -0.05) is 15.9 Å². The van der Waals surface area contributed by atoms with Gasteiger partial charge in [0.1, 0.15) is 17.2 Å². The zero-order chi connectivity index (χ0) is 16.4. The monoisotopic (exact) mass is 378 g/mol. The van der Waals surface area contributed by atoms with Gasteiger partial charge < -0.3 is 20.0 Å². The predicted molar refractivity (Wildman–Crippen MR) is 75.6 cm³/mol. The Bertz CT molecular complexity index is 591. The van der Waals surface area contributed by atoms with E-state index in [1.165, 1.54) is 0 Å². The van der Waals surface area contributed by atoms with Crippen LogP contribution >= 0.6 is 15.9 Å². The van der Waals surface area contributed by atoms with Gasteiger partial charge in [0, 0.05) is 24.1 Å². The number of piperazine rings is 1. The summed E-state index contributed by atoms with van der Waals surface area (Å²) in [5.41, 5.74) is -0.717. The van der Waals surface area contributed by atoms with Gasteiger partial charge in [-0.05, 0) is 12.1 Å². The molecule has 0 radical (unpaired) electrons. The van der Waals surface area contributed by atoms with Gasteiger partial charge in [0.15, 0.2) is 0 Å². The van der Waals surface area contributed by atoms with E-state index in [1.807, 2.05) is 0 Å². The van der Waals surface area contributed by atoms with Gasteiger partial charge in [0.2, 0.25) is 0 Å². The first-order valence-corrected chi connectivity index (χ1v) is 7.18. The Morgan fingerprint density at radius 2 is 1.86 bits per heavy atom. The lowest BCUT2D eigenvalue weighted by Gasteiger charge is -2.39. The van der Waals surface area contributed by atoms with Crippen molar-refractivity contribution in [2.24, 2.45) is 0 Å². The number of nitrogens with zero attached hydrogens (tertiary/aromatic N) is 2. The van der Waals surface area contributed by atoms with Crippen LogP contribution in [0.4, 0.5) is 13.6 Å². The van der Waals surface area contributed by atoms with E-state index in [9.17, 15) is 23.5 Å². The summed E-state index contributed by atoms with van der Waals surface area (Å²) < 4.78 is 27.9. The van der Waals surface area contributed by atoms with Gasteiger partial charge in [-0.2, -0.15) is 0 Å². The zero-order valence-electron chi connectivity index (χ0n) is 11.3. The molecule has 1 aliphatic rings. The molecular formula is C13H13BrF2N2O4. The van der Waals surface area contributed by atoms with Gasteiger partial charge in [-0.3, -0.25) is 4.79 Å². The molecule has 1 fully saturated rings. The SMILES string of the molecule is O=C(O)N1CCN(C(=O)c2c(F)cc(Br)cc2F)[C@@H](CO)C1. The summed E-state index contributed by atoms with van der Waals surface area (Å²) in [6.45, 7) is -0.657. The van der Waals surface area contributed by atoms with Crippen molar-refractivity contribution in [2.75, 3.05) is 26.2 Å². The van der Waals surface area contributed by atoms with Crippen LogP contribution in [0, 0.1) is 11.6 Å². The maximum absolute atomic E-state index is 13.9. The maximum Gasteiger partial charge on any atom is 0.407 e. The van der Waals surface area contributed by atoms with Crippen LogP contribution in [-0.2, 0) is 0 Å². The van der Waals surface area contributed by atoms with Crippen LogP contribution in [0.5, 0.6) is 0 Å². The molecule has 0 unspecified atom stereocenters. The van der Waals surface area contributed by atoms with Crippen LogP contribution in [0.3, 0.4) is 0 Å². The summed E-state index contributed by atoms with van der Waals surface area (Å²) in [6, 6.07) is 1.09. The smallest absolute Gasteiger partial charge is 0.407 e. The van der Waals surface area contributed by atoms with E-state index in [0.717, 1.165) is 21.9 Å². The Morgan fingerprint density at radius 3 is 2.36 bits per heavy atom. The molecule has 1 aromatic carbocycles. The summed E-state index contributed by atoms with van der Waals surface area (Å²) in [5, 5.41) is 18.3. The molecule has 1 heterocycles. The molecular weight excluding hydrogens is 366 g/mol. The van der Waals surface area contributed by atoms with Gasteiger partial charge in [-0.25, -0.2) is 13.6 Å². The van der Waals surface area contributed by atoms with Crippen molar-refractivity contribution in [1.29, 1.82) is 0 Å². The van der Waals surface area contributed by atoms with E-state index in [0.29, 0.717) is 0 Å². The molecule has 6 nitrogen and oxygen atoms in total. The quantitative estimate of drug-likeness (QED) is 0.817. The first-order valence-electron chi connectivity index (χ1n) is 6.39. The van der Waals surface area contributed by atoms with Crippen molar-refractivity contribution in [2.45, 2.75) is 6.04 Å². The summed E-state index contributed by atoms with van der Waals surface area (Å²) >= 11 is 2.92. The van der Waals surface area contributed by atoms with Crippen LogP contribution in [0.25, 0.3) is 0 Å². The van der Waals surface area contributed by atoms with E-state index in [4.69, 9.17) is 5.11 Å². The van der Waals surface area contributed by atoms with Crippen LogP contribution in [0.1, 0.15) is 10.4 Å². The number of rotatable bonds is 2. The minimum atomic E-state index is -1.17. The number of hydrogen-bond donors (Lipinski definition) is 2. The van der Waals surface area contributed by atoms with E-state index >= 15 is 0 Å². The minimum Gasteiger partial charge on any atom is -0.465 e. The number of carbonyl (C=O) groups excluding carboxylic acids is 1. The minimum absolute atomic E-state index is 0.0112. The predicted octanol–water partition coefficient (Wildman–Crippen LogP) is 1.52. The standard InChI is InChI=1S/C13H13BrF2N2O4/c14-7-3-9(15)11(10(16)4-7)12(20)18-2-1-17(13(21)22)5-8(18)6-19/h3-4,8,19H,1-2,5-6H2,(H,21,22)/t8-/m1/s1. The molecule has 0 spiro atoms. The molecule has 22 heavy (non-hydrogen) atoms. The Balaban J connectivity index is 2.28. The second-order valence-electron chi connectivity index (χ2n) is 4.81. The fourth-order valence-corrected chi connectivity index (χ4v) is 2.74. The molecule has 0 aliphatic carbocycles. The summed E-state index contributed by atoms with van der Waals surface area (Å²) in [7, 11) is 0. The zero-order valence-corrected chi connectivity index (χ0v) is 12.9. The van der Waals surface area contributed by atoms with E-state index in [-0.39, 0.29) is 24.1 Å². The Hall–Kier alpha value is -1.74. The molecule has 2 amide bonds. The molecule has 1 saturated heterocycles. The van der Waals surface area contributed by atoms with Crippen molar-refractivity contribution < 1.29 is 28.6 Å². The number of halogens is 3. The Labute approximate surface area is 133 Å². The molecule has 0 aromatic heterocycles. The van der Waals surface area contributed by atoms with Crippen molar-refractivity contribution in [1.82, 2.24) is 9.80 Å². The number of aliphatic hydroxyl groups is 1. The highest BCUT2D eigenvalue weighted by Gasteiger charge is 2.34. The number of carbonyl (C=O) groups is 2. The third-order valence-corrected chi connectivity index (χ3v) is 3.90. The fourth-order valence-electron chi connectivity index (χ4n) is 2.34. The normalized spacial score (nSPS) is 18.5. The number of benzene rings is 1. The van der Waals surface area contributed by atoms with Crippen molar-refractivity contribution in [3.63, 3.8) is 0 Å². The molecule has 2 N–H and O–H groups in total. The highest BCUT2D eigenvalue weighted by Crippen LogP contribution is 2.23. The van der Waals surface area contributed by atoms with Crippen molar-refractivity contribution in [3.05, 3.63) is 33.8 Å². The second-order valence-corrected chi connectivity index (χ2v) is 5.72. The molecule has 0 saturated carbocycles. The van der Waals surface area contributed by atoms with Gasteiger partial charge in [0.25, 0.3) is 5.91 Å². The Morgan fingerprint density at radius 1 is 1.27 bits per heavy atom. The largest absolute Gasteiger partial charge is 0.465 e. The van der Waals surface area contributed by atoms with Crippen LogP contribution in [-0.4, -0.2) is 64.3 Å². The third kappa shape index (κ3) is 3.20. The first-order chi connectivity index (χ1) is 10.3. The number of hydrogen-bond acceptors (Lipinski definition) is 3. The molecule has 1 atom stereocenters. The topological polar surface area (TPSA) is 81.1 Å². The lowest BCUT2D eigenvalue weighted by molar-refractivity contribution is 0.0303. The highest BCUT2D eigenvalue weighted by atomic mass is 79.9. The first kappa shape index (κ1) is 16.6. The average molecular weight is 379 g/mol. The molecule has 120 valence electrons. The molecule has 1 aliphatic heterocycles. The van der Waals surface area contributed by atoms with Crippen LogP contribution in [0.15, 0.2) is 16.6 Å². The molecule has 0 bridgehead atoms. The Kier molecular flexibility index (Phi) is 4.97. The average Bonchev–Trinajstić information content (AvgIpc) is 2.45. The molecule has 1 aromatic rings. The van der Waals surface area contributed by atoms with E-state index in [1.54, 1.807) is 0 Å². The van der Waals surface area contributed by atoms with Crippen molar-refractivity contribution >= 4 is 27.9 Å². The van der Waals surface area contributed by atoms with E-state index in [2.05, 4.69) is 15.9 Å². The highest BCUT2D eigenvalue weighted by molar-refractivity contribution is 9.10. The molecule has 9 heteroatoms. The van der Waals surface area contributed by atoms with Gasteiger partial charge >= 0.3 is 6.09 Å². The maximum atomic E-state index is 13.9. The summed E-state index contributed by atoms with van der Waals surface area (Å²) in [6.07, 6.45) is -1.17. The van der Waals surface area contributed by atoms with E-state index < -0.39 is 41.8 Å². The fraction of sp³-hybridized carbons (Fsp3) is 0.385. The summed E-state index contributed by atoms with van der Waals surface area (Å²) in [4.78, 5) is 25.4. The lowest BCUT2D eigenvalue weighted by Crippen LogP contribution is -2.57. The van der Waals surface area contributed by atoms with Crippen LogP contribution in [0.2, 0.25) is 0 Å². The lowest BCUT2D eigenvalue weighted by atomic mass is 10.1. The van der Waals surface area contributed by atoms with Gasteiger partial charge in [0.05, 0.1) is 12.6 Å². The van der Waals surface area contributed by atoms with Gasteiger partial charge in [-0.15, -0.1) is 0 Å². The van der Waals surface area contributed by atoms with Crippen molar-refractivity contribution in [3.8, 4) is 0 Å².